The minimum atomic E-state index is -3.76. The molecule has 266 valence electrons. The van der Waals surface area contributed by atoms with Crippen LogP contribution in [0.2, 0.25) is 0 Å². The second kappa shape index (κ2) is 32.7. The van der Waals surface area contributed by atoms with Crippen molar-refractivity contribution in [3.63, 3.8) is 0 Å². The maximum Gasteiger partial charge on any atom is 0.268 e. The highest BCUT2D eigenvalue weighted by atomic mass is 32.2. The molecule has 0 fully saturated rings. The Kier molecular flexibility index (Phi) is 31.8. The molecule has 2 atom stereocenters. The summed E-state index contributed by atoms with van der Waals surface area (Å²) in [6.45, 7) is 4.48. The number of nitrogens with one attached hydrogen (secondary N) is 2. The third-order valence-electron chi connectivity index (χ3n) is 8.27. The Bertz CT molecular complexity index is 816. The number of hydrogen-bond donors (Lipinski definition) is 3. The fourth-order valence-corrected chi connectivity index (χ4v) is 6.21. The average molecular weight is 657 g/mol. The van der Waals surface area contributed by atoms with E-state index in [0.29, 0.717) is 6.42 Å². The van der Waals surface area contributed by atoms with Gasteiger partial charge in [0.15, 0.2) is 0 Å². The molecule has 0 saturated carbocycles. The number of carbonyl (C=O) groups is 1. The van der Waals surface area contributed by atoms with Gasteiger partial charge in [-0.25, -0.2) is 0 Å². The van der Waals surface area contributed by atoms with Crippen LogP contribution in [0.4, 0.5) is 0 Å². The van der Waals surface area contributed by atoms with E-state index < -0.39 is 22.3 Å². The fourth-order valence-electron chi connectivity index (χ4n) is 5.29. The summed E-state index contributed by atoms with van der Waals surface area (Å²) in [5, 5.41) is 16.4. The van der Waals surface area contributed by atoms with Crippen molar-refractivity contribution in [1.82, 2.24) is 10.6 Å². The van der Waals surface area contributed by atoms with Gasteiger partial charge in [-0.05, 0) is 39.2 Å². The lowest BCUT2D eigenvalue weighted by molar-refractivity contribution is -0.122. The lowest BCUT2D eigenvalue weighted by atomic mass is 10.0. The first-order valence-corrected chi connectivity index (χ1v) is 20.2. The van der Waals surface area contributed by atoms with Crippen LogP contribution >= 0.6 is 0 Å². The molecule has 8 heteroatoms. The van der Waals surface area contributed by atoms with E-state index in [0.717, 1.165) is 38.5 Å². The van der Waals surface area contributed by atoms with E-state index in [9.17, 15) is 18.3 Å². The lowest BCUT2D eigenvalue weighted by Crippen LogP contribution is -2.46. The summed E-state index contributed by atoms with van der Waals surface area (Å²) in [7, 11) is -2.08. The molecular weight excluding hydrogens is 584 g/mol. The number of carbonyl (C=O) groups excluding carboxylic acids is 1. The molecule has 3 N–H and O–H groups in total. The van der Waals surface area contributed by atoms with E-state index in [1.54, 1.807) is 13.1 Å². The highest BCUT2D eigenvalue weighted by Crippen LogP contribution is 2.13. The van der Waals surface area contributed by atoms with Crippen LogP contribution in [-0.2, 0) is 19.1 Å². The van der Waals surface area contributed by atoms with Crippen molar-refractivity contribution >= 4 is 16.0 Å². The number of amides is 1. The van der Waals surface area contributed by atoms with Gasteiger partial charge in [0.2, 0.25) is 5.91 Å². The third kappa shape index (κ3) is 31.2. The Morgan fingerprint density at radius 1 is 0.689 bits per heavy atom. The second-order valence-electron chi connectivity index (χ2n) is 12.7. The predicted octanol–water partition coefficient (Wildman–Crippen LogP) is 8.91. The van der Waals surface area contributed by atoms with Crippen molar-refractivity contribution in [2.24, 2.45) is 0 Å². The zero-order valence-electron chi connectivity index (χ0n) is 29.5. The first-order valence-electron chi connectivity index (χ1n) is 18.7. The summed E-state index contributed by atoms with van der Waals surface area (Å²) >= 11 is 0. The average Bonchev–Trinajstić information content (AvgIpc) is 3.02. The number of aliphatic hydroxyl groups is 1. The smallest absolute Gasteiger partial charge is 0.268 e. The molecule has 45 heavy (non-hydrogen) atoms. The maximum atomic E-state index is 12.7. The van der Waals surface area contributed by atoms with Gasteiger partial charge in [-0.15, -0.1) is 0 Å². The van der Waals surface area contributed by atoms with Crippen LogP contribution in [0.1, 0.15) is 168 Å². The molecule has 7 nitrogen and oxygen atoms in total. The molecule has 0 rings (SSSR count). The van der Waals surface area contributed by atoms with Crippen LogP contribution in [0.3, 0.4) is 0 Å². The van der Waals surface area contributed by atoms with Crippen molar-refractivity contribution in [1.29, 1.82) is 0 Å². The molecule has 0 aliphatic rings. The lowest BCUT2D eigenvalue weighted by Gasteiger charge is -2.22. The van der Waals surface area contributed by atoms with Gasteiger partial charge in [0.05, 0.1) is 24.5 Å². The van der Waals surface area contributed by atoms with Crippen LogP contribution in [0, 0.1) is 0 Å². The molecule has 0 aromatic carbocycles. The first-order chi connectivity index (χ1) is 21.9. The molecule has 0 bridgehead atoms. The topological polar surface area (TPSA) is 105 Å². The minimum Gasteiger partial charge on any atom is -0.387 e. The summed E-state index contributed by atoms with van der Waals surface area (Å²) in [6.07, 6.45) is 35.3. The van der Waals surface area contributed by atoms with Crippen LogP contribution in [0.15, 0.2) is 24.3 Å². The predicted molar refractivity (Wildman–Crippen MR) is 192 cm³/mol. The van der Waals surface area contributed by atoms with Crippen LogP contribution < -0.4 is 10.6 Å². The van der Waals surface area contributed by atoms with Gasteiger partial charge in [-0.2, -0.15) is 8.42 Å². The van der Waals surface area contributed by atoms with Crippen LogP contribution in [-0.4, -0.2) is 57.5 Å². The number of rotatable bonds is 34. The van der Waals surface area contributed by atoms with E-state index in [1.165, 1.54) is 109 Å². The van der Waals surface area contributed by atoms with E-state index in [2.05, 4.69) is 36.6 Å². The van der Waals surface area contributed by atoms with Crippen LogP contribution in [0.5, 0.6) is 0 Å². The summed E-state index contributed by atoms with van der Waals surface area (Å²) < 4.78 is 29.6. The molecule has 0 aliphatic carbocycles. The largest absolute Gasteiger partial charge is 0.387 e. The van der Waals surface area contributed by atoms with Crippen molar-refractivity contribution < 1.29 is 22.5 Å². The van der Waals surface area contributed by atoms with Gasteiger partial charge < -0.3 is 15.7 Å². The standard InChI is InChI=1S/C37H72N2O5S/c1-4-6-8-10-12-14-16-18-20-22-24-26-28-30-36(40)35(34-44-45(42,43)33-32-38-3)39-37(41)31-29-27-25-23-21-19-17-15-13-11-9-7-5-2/h20,22,28,30,35-36,38,40H,4-19,21,23-27,29,31-34H2,1-3H3,(H,39,41)/b22-20+,30-28+/t35-,36+/m0/s1. The van der Waals surface area contributed by atoms with E-state index in [-0.39, 0.29) is 24.8 Å². The highest BCUT2D eigenvalue weighted by molar-refractivity contribution is 7.86. The zero-order chi connectivity index (χ0) is 33.3. The summed E-state index contributed by atoms with van der Waals surface area (Å²) in [4.78, 5) is 12.7. The molecule has 0 spiro atoms. The molecule has 0 heterocycles. The first kappa shape index (κ1) is 43.8. The number of unbranched alkanes of at least 4 members (excludes halogenated alkanes) is 20. The van der Waals surface area contributed by atoms with Gasteiger partial charge in [0, 0.05) is 13.0 Å². The van der Waals surface area contributed by atoms with Crippen molar-refractivity contribution in [3.8, 4) is 0 Å². The highest BCUT2D eigenvalue weighted by Gasteiger charge is 2.23. The normalized spacial score (nSPS) is 13.6. The van der Waals surface area contributed by atoms with E-state index in [1.807, 2.05) is 6.08 Å². The van der Waals surface area contributed by atoms with E-state index >= 15 is 0 Å². The summed E-state index contributed by atoms with van der Waals surface area (Å²) in [5.74, 6) is -0.347. The van der Waals surface area contributed by atoms with E-state index in [4.69, 9.17) is 4.18 Å². The quantitative estimate of drug-likeness (QED) is 0.0363. The van der Waals surface area contributed by atoms with Gasteiger partial charge in [-0.3, -0.25) is 8.98 Å². The van der Waals surface area contributed by atoms with Gasteiger partial charge >= 0.3 is 0 Å². The maximum absolute atomic E-state index is 12.7. The zero-order valence-corrected chi connectivity index (χ0v) is 30.4. The van der Waals surface area contributed by atoms with Crippen molar-refractivity contribution in [2.45, 2.75) is 180 Å². The van der Waals surface area contributed by atoms with Gasteiger partial charge in [0.1, 0.15) is 0 Å². The van der Waals surface area contributed by atoms with Gasteiger partial charge in [-0.1, -0.05) is 154 Å². The molecular formula is C37H72N2O5S. The Morgan fingerprint density at radius 2 is 1.16 bits per heavy atom. The molecule has 0 radical (unpaired) electrons. The SMILES string of the molecule is CCCCCCCCC/C=C/CC/C=C/[C@@H](O)[C@H](COS(=O)(=O)CCNC)NC(=O)CCCCCCCCCCCCCCC. The Balaban J connectivity index is 4.39. The minimum absolute atomic E-state index is 0.166. The number of hydrogen-bond acceptors (Lipinski definition) is 6. The second-order valence-corrected chi connectivity index (χ2v) is 14.5. The number of allylic oxidation sites excluding steroid dienone is 3. The summed E-state index contributed by atoms with van der Waals surface area (Å²) in [6, 6.07) is -0.826. The van der Waals surface area contributed by atoms with Gasteiger partial charge in [0.25, 0.3) is 10.1 Å². The Hall–Kier alpha value is -1.22. The number of aliphatic hydroxyl groups excluding tert-OH is 1. The van der Waals surface area contributed by atoms with Crippen molar-refractivity contribution in [3.05, 3.63) is 24.3 Å². The van der Waals surface area contributed by atoms with Crippen LogP contribution in [0.25, 0.3) is 0 Å². The molecule has 1 amide bonds. The Morgan fingerprint density at radius 3 is 1.69 bits per heavy atom. The third-order valence-corrected chi connectivity index (χ3v) is 9.47. The monoisotopic (exact) mass is 657 g/mol. The molecule has 0 unspecified atom stereocenters. The molecule has 0 aromatic heterocycles. The Labute approximate surface area is 279 Å². The molecule has 0 aromatic rings. The molecule has 0 saturated heterocycles. The fraction of sp³-hybridized carbons (Fsp3) is 0.865. The van der Waals surface area contributed by atoms with Crippen molar-refractivity contribution in [2.75, 3.05) is 26.0 Å². The summed E-state index contributed by atoms with van der Waals surface area (Å²) in [5.41, 5.74) is 0. The molecule has 0 aliphatic heterocycles.